The standard InChI is InChI=1S/C20H19ClN6O2/c21-13-4-1-3-12(11-13)15-7-6-14(22)19(24-15)27(16-8-9-17(16)28)20(29)25-18-5-2-10-23-26-18/h1-7,10-11,16-17,28H,8-9,22H2,(H,25,26,29)/t16?,17-/m1/s1. The van der Waals surface area contributed by atoms with Crippen LogP contribution < -0.4 is 16.0 Å². The van der Waals surface area contributed by atoms with Crippen LogP contribution in [0.15, 0.2) is 54.7 Å². The first-order chi connectivity index (χ1) is 14.0. The number of hydrogen-bond donors (Lipinski definition) is 3. The first kappa shape index (κ1) is 19.1. The van der Waals surface area contributed by atoms with E-state index in [0.29, 0.717) is 35.1 Å². The molecule has 2 amide bonds. The maximum absolute atomic E-state index is 13.1. The monoisotopic (exact) mass is 410 g/mol. The average Bonchev–Trinajstić information content (AvgIpc) is 2.72. The second kappa shape index (κ2) is 8.02. The van der Waals surface area contributed by atoms with Crippen LogP contribution in [0.5, 0.6) is 0 Å². The van der Waals surface area contributed by atoms with Crippen LogP contribution in [-0.4, -0.2) is 38.5 Å². The Kier molecular flexibility index (Phi) is 5.28. The summed E-state index contributed by atoms with van der Waals surface area (Å²) < 4.78 is 0. The van der Waals surface area contributed by atoms with Crippen molar-refractivity contribution in [3.05, 3.63) is 59.8 Å². The van der Waals surface area contributed by atoms with Crippen molar-refractivity contribution < 1.29 is 9.90 Å². The number of halogens is 1. The summed E-state index contributed by atoms with van der Waals surface area (Å²) in [6, 6.07) is 13.1. The molecule has 0 aliphatic heterocycles. The SMILES string of the molecule is Nc1ccc(-c2cccc(Cl)c2)nc1N(C(=O)Nc1cccnn1)C1CC[C@H]1O. The number of nitrogens with two attached hydrogens (primary N) is 1. The highest BCUT2D eigenvalue weighted by Gasteiger charge is 2.39. The summed E-state index contributed by atoms with van der Waals surface area (Å²) in [4.78, 5) is 19.1. The molecular weight excluding hydrogens is 392 g/mol. The zero-order chi connectivity index (χ0) is 20.4. The predicted molar refractivity (Wildman–Crippen MR) is 112 cm³/mol. The summed E-state index contributed by atoms with van der Waals surface area (Å²) >= 11 is 6.10. The maximum Gasteiger partial charge on any atom is 0.329 e. The highest BCUT2D eigenvalue weighted by atomic mass is 35.5. The van der Waals surface area contributed by atoms with Gasteiger partial charge in [0.2, 0.25) is 0 Å². The van der Waals surface area contributed by atoms with Gasteiger partial charge in [0.1, 0.15) is 0 Å². The Labute approximate surface area is 172 Å². The number of aliphatic hydroxyl groups is 1. The zero-order valence-corrected chi connectivity index (χ0v) is 16.1. The number of rotatable bonds is 4. The van der Waals surface area contributed by atoms with Gasteiger partial charge in [-0.05, 0) is 49.2 Å². The Hall–Kier alpha value is -3.23. The number of pyridine rings is 1. The Morgan fingerprint density at radius 2 is 2.07 bits per heavy atom. The van der Waals surface area contributed by atoms with Crippen molar-refractivity contribution in [1.29, 1.82) is 0 Å². The minimum absolute atomic E-state index is 0.271. The number of benzene rings is 1. The van der Waals surface area contributed by atoms with Crippen molar-refractivity contribution in [2.24, 2.45) is 0 Å². The van der Waals surface area contributed by atoms with E-state index in [1.807, 2.05) is 12.1 Å². The third-order valence-corrected chi connectivity index (χ3v) is 5.05. The largest absolute Gasteiger partial charge is 0.396 e. The lowest BCUT2D eigenvalue weighted by Gasteiger charge is -2.41. The van der Waals surface area contributed by atoms with Gasteiger partial charge in [-0.25, -0.2) is 9.78 Å². The van der Waals surface area contributed by atoms with E-state index in [1.165, 1.54) is 11.1 Å². The van der Waals surface area contributed by atoms with Gasteiger partial charge < -0.3 is 10.8 Å². The van der Waals surface area contributed by atoms with Crippen LogP contribution in [0.25, 0.3) is 11.3 Å². The van der Waals surface area contributed by atoms with Gasteiger partial charge in [-0.2, -0.15) is 5.10 Å². The van der Waals surface area contributed by atoms with E-state index >= 15 is 0 Å². The molecule has 3 aromatic rings. The molecule has 4 rings (SSSR count). The molecule has 2 aromatic heterocycles. The van der Waals surface area contributed by atoms with Crippen molar-refractivity contribution in [1.82, 2.24) is 15.2 Å². The quantitative estimate of drug-likeness (QED) is 0.607. The fraction of sp³-hybridized carbons (Fsp3) is 0.200. The van der Waals surface area contributed by atoms with E-state index in [2.05, 4.69) is 20.5 Å². The molecule has 1 aliphatic rings. The summed E-state index contributed by atoms with van der Waals surface area (Å²) in [6.45, 7) is 0. The van der Waals surface area contributed by atoms with E-state index in [1.54, 1.807) is 36.4 Å². The molecular formula is C20H19ClN6O2. The van der Waals surface area contributed by atoms with Crippen LogP contribution in [0.3, 0.4) is 0 Å². The molecule has 0 radical (unpaired) electrons. The van der Waals surface area contributed by atoms with Gasteiger partial charge >= 0.3 is 6.03 Å². The van der Waals surface area contributed by atoms with Crippen molar-refractivity contribution >= 4 is 35.0 Å². The fourth-order valence-corrected chi connectivity index (χ4v) is 3.36. The summed E-state index contributed by atoms with van der Waals surface area (Å²) in [7, 11) is 0. The van der Waals surface area contributed by atoms with Gasteiger partial charge in [-0.3, -0.25) is 10.2 Å². The number of aromatic nitrogens is 3. The first-order valence-electron chi connectivity index (χ1n) is 9.11. The van der Waals surface area contributed by atoms with E-state index in [0.717, 1.165) is 5.56 Å². The molecule has 0 saturated heterocycles. The van der Waals surface area contributed by atoms with E-state index in [4.69, 9.17) is 17.3 Å². The minimum Gasteiger partial charge on any atom is -0.396 e. The third-order valence-electron chi connectivity index (χ3n) is 4.81. The number of carbonyl (C=O) groups excluding carboxylic acids is 1. The average molecular weight is 411 g/mol. The molecule has 1 fully saturated rings. The van der Waals surface area contributed by atoms with Crippen molar-refractivity contribution in [2.45, 2.75) is 25.0 Å². The van der Waals surface area contributed by atoms with E-state index < -0.39 is 18.2 Å². The van der Waals surface area contributed by atoms with Crippen molar-refractivity contribution in [2.75, 3.05) is 16.0 Å². The number of aliphatic hydroxyl groups excluding tert-OH is 1. The Morgan fingerprint density at radius 1 is 1.21 bits per heavy atom. The molecule has 1 saturated carbocycles. The molecule has 0 spiro atoms. The topological polar surface area (TPSA) is 117 Å². The normalized spacial score (nSPS) is 18.0. The molecule has 0 bridgehead atoms. The molecule has 9 heteroatoms. The van der Waals surface area contributed by atoms with Crippen LogP contribution in [-0.2, 0) is 0 Å². The van der Waals surface area contributed by atoms with Crippen LogP contribution in [0.1, 0.15) is 12.8 Å². The number of hydrogen-bond acceptors (Lipinski definition) is 6. The molecule has 1 aliphatic carbocycles. The van der Waals surface area contributed by atoms with Crippen LogP contribution in [0.4, 0.5) is 22.1 Å². The molecule has 148 valence electrons. The van der Waals surface area contributed by atoms with Gasteiger partial charge in [0.05, 0.1) is 23.5 Å². The summed E-state index contributed by atoms with van der Waals surface area (Å²) in [6.07, 6.45) is 2.10. The van der Waals surface area contributed by atoms with E-state index in [-0.39, 0.29) is 5.82 Å². The Bertz CT molecular complexity index is 1030. The number of nitrogen functional groups attached to an aromatic ring is 1. The Balaban J connectivity index is 1.72. The number of amides is 2. The second-order valence-electron chi connectivity index (χ2n) is 6.74. The van der Waals surface area contributed by atoms with Gasteiger partial charge in [-0.15, -0.1) is 5.10 Å². The number of nitrogens with zero attached hydrogens (tertiary/aromatic N) is 4. The van der Waals surface area contributed by atoms with Crippen molar-refractivity contribution in [3.63, 3.8) is 0 Å². The van der Waals surface area contributed by atoms with Crippen LogP contribution in [0.2, 0.25) is 5.02 Å². The second-order valence-corrected chi connectivity index (χ2v) is 7.18. The highest BCUT2D eigenvalue weighted by Crippen LogP contribution is 2.34. The Morgan fingerprint density at radius 3 is 2.72 bits per heavy atom. The number of carbonyl (C=O) groups is 1. The molecule has 1 aromatic carbocycles. The number of urea groups is 1. The minimum atomic E-state index is -0.654. The lowest BCUT2D eigenvalue weighted by molar-refractivity contribution is 0.0676. The molecule has 2 heterocycles. The van der Waals surface area contributed by atoms with Gasteiger partial charge in [0.15, 0.2) is 11.6 Å². The van der Waals surface area contributed by atoms with E-state index in [9.17, 15) is 9.90 Å². The highest BCUT2D eigenvalue weighted by molar-refractivity contribution is 6.30. The van der Waals surface area contributed by atoms with Gasteiger partial charge in [0, 0.05) is 16.8 Å². The number of nitrogens with one attached hydrogen (secondary N) is 1. The zero-order valence-electron chi connectivity index (χ0n) is 15.4. The lowest BCUT2D eigenvalue weighted by atomic mass is 9.88. The van der Waals surface area contributed by atoms with Crippen LogP contribution in [0, 0.1) is 0 Å². The fourth-order valence-electron chi connectivity index (χ4n) is 3.17. The summed E-state index contributed by atoms with van der Waals surface area (Å²) in [5, 5.41) is 21.1. The summed E-state index contributed by atoms with van der Waals surface area (Å²) in [5.74, 6) is 0.563. The third kappa shape index (κ3) is 3.98. The van der Waals surface area contributed by atoms with Crippen molar-refractivity contribution in [3.8, 4) is 11.3 Å². The summed E-state index contributed by atoms with van der Waals surface area (Å²) in [5.41, 5.74) is 7.90. The molecule has 2 atom stereocenters. The molecule has 4 N–H and O–H groups in total. The first-order valence-corrected chi connectivity index (χ1v) is 9.49. The van der Waals surface area contributed by atoms with Gasteiger partial charge in [0.25, 0.3) is 0 Å². The predicted octanol–water partition coefficient (Wildman–Crippen LogP) is 3.34. The number of anilines is 3. The molecule has 1 unspecified atom stereocenters. The maximum atomic E-state index is 13.1. The molecule has 29 heavy (non-hydrogen) atoms. The molecule has 8 nitrogen and oxygen atoms in total. The lowest BCUT2D eigenvalue weighted by Crippen LogP contribution is -2.55. The van der Waals surface area contributed by atoms with Crippen LogP contribution >= 0.6 is 11.6 Å². The smallest absolute Gasteiger partial charge is 0.329 e. The van der Waals surface area contributed by atoms with Gasteiger partial charge in [-0.1, -0.05) is 23.7 Å².